The van der Waals surface area contributed by atoms with Crippen LogP contribution in [0.5, 0.6) is 0 Å². The van der Waals surface area contributed by atoms with Gasteiger partial charge in [-0.25, -0.2) is 0 Å². The molecule has 460 valence electrons. The fraction of sp³-hybridized carbons (Fsp3) is 0.720. The number of hydrogen-bond donors (Lipinski definition) is 15. The third-order valence-corrected chi connectivity index (χ3v) is 13.8. The fourth-order valence-electron chi connectivity index (χ4n) is 7.59. The minimum atomic E-state index is -1.26. The van der Waals surface area contributed by atoms with Gasteiger partial charge in [-0.15, -0.1) is 23.5 Å². The molecule has 0 fully saturated rings. The molecule has 19 N–H and O–H groups in total. The van der Waals surface area contributed by atoms with Crippen molar-refractivity contribution in [3.05, 3.63) is 0 Å². The number of carbonyl (C=O) groups excluding carboxylic acids is 14. The second-order valence-corrected chi connectivity index (χ2v) is 21.2. The van der Waals surface area contributed by atoms with Crippen LogP contribution < -0.4 is 81.4 Å². The topological polar surface area (TPSA) is 475 Å². The number of primary amides is 3. The largest absolute Gasteiger partial charge is 0.368 e. The summed E-state index contributed by atoms with van der Waals surface area (Å²) in [5.74, 6) is -8.25. The van der Waals surface area contributed by atoms with Gasteiger partial charge in [-0.3, -0.25) is 67.1 Å². The van der Waals surface area contributed by atoms with Crippen molar-refractivity contribution in [1.82, 2.24) is 58.5 Å². The molecule has 0 bridgehead atoms. The Bertz CT molecular complexity index is 2090. The van der Waals surface area contributed by atoms with E-state index in [1.54, 1.807) is 0 Å². The lowest BCUT2D eigenvalue weighted by atomic mass is 10.1. The third-order valence-electron chi connectivity index (χ3n) is 11.7. The summed E-state index contributed by atoms with van der Waals surface area (Å²) in [6, 6.07) is -7.59. The Kier molecular flexibility index (Phi) is 40.3. The average Bonchev–Trinajstić information content (AvgIpc) is 3.37. The Morgan fingerprint density at radius 2 is 0.593 bits per heavy atom. The van der Waals surface area contributed by atoms with E-state index in [2.05, 4.69) is 58.5 Å². The number of hydrogen-bond acceptors (Lipinski definition) is 17. The van der Waals surface area contributed by atoms with Crippen molar-refractivity contribution in [2.75, 3.05) is 55.7 Å². The van der Waals surface area contributed by atoms with Gasteiger partial charge in [0.05, 0.1) is 11.5 Å². The standard InChI is InChI=1S/C50H89N15O14S2/c1-30(66)55-22-12-9-19-37(59-32(3)68)47(76)62-35(44(52)73)16-7-14-24-57-42(71)28-80-26-40(46(54)75)65-49(78)39(18-6-11-21-51)64-50(79)41(61-34(5)70)27-81-29-43(72)58-25-15-8-17-36(45(53)74)63-48(77)38(60-33(4)69)20-10-13-23-56-31(2)67/h35-41H,6-29,51H2,1-5H3,(H2,52,73)(H2,53,74)(H2,54,75)(H,55,66)(H,56,67)(H,57,71)(H,58,72)(H,59,68)(H,60,69)(H,61,70)(H,62,76)(H,63,77)(H,64,79)(H,65,78). The fourth-order valence-corrected chi connectivity index (χ4v) is 9.36. The molecule has 0 saturated carbocycles. The van der Waals surface area contributed by atoms with Crippen LogP contribution in [0, 0.1) is 0 Å². The molecule has 81 heavy (non-hydrogen) atoms. The van der Waals surface area contributed by atoms with Crippen LogP contribution in [0.1, 0.15) is 131 Å². The van der Waals surface area contributed by atoms with E-state index < -0.39 is 113 Å². The summed E-state index contributed by atoms with van der Waals surface area (Å²) < 4.78 is 0. The molecule has 0 spiro atoms. The molecule has 7 unspecified atom stereocenters. The Hall–Kier alpha value is -6.76. The minimum absolute atomic E-state index is 0.0779. The van der Waals surface area contributed by atoms with E-state index in [1.165, 1.54) is 34.6 Å². The number of thioether (sulfide) groups is 2. The zero-order chi connectivity index (χ0) is 61.3. The Morgan fingerprint density at radius 3 is 0.926 bits per heavy atom. The van der Waals surface area contributed by atoms with Gasteiger partial charge in [-0.05, 0) is 103 Å². The summed E-state index contributed by atoms with van der Waals surface area (Å²) >= 11 is 2.03. The summed E-state index contributed by atoms with van der Waals surface area (Å²) in [5, 5.41) is 28.7. The molecule has 0 saturated heterocycles. The molecule has 7 atom stereocenters. The van der Waals surface area contributed by atoms with Gasteiger partial charge >= 0.3 is 0 Å². The van der Waals surface area contributed by atoms with Crippen molar-refractivity contribution >= 4 is 106 Å². The zero-order valence-electron chi connectivity index (χ0n) is 47.4. The molecule has 29 nitrogen and oxygen atoms in total. The lowest BCUT2D eigenvalue weighted by Crippen LogP contribution is -2.57. The van der Waals surface area contributed by atoms with Crippen LogP contribution >= 0.6 is 23.5 Å². The molecule has 0 aromatic carbocycles. The van der Waals surface area contributed by atoms with Crippen molar-refractivity contribution < 1.29 is 67.1 Å². The second-order valence-electron chi connectivity index (χ2n) is 19.2. The highest BCUT2D eigenvalue weighted by atomic mass is 32.2. The first-order chi connectivity index (χ1) is 38.3. The van der Waals surface area contributed by atoms with Crippen LogP contribution in [0.15, 0.2) is 0 Å². The summed E-state index contributed by atoms with van der Waals surface area (Å²) in [6.07, 6.45) is 5.48. The van der Waals surface area contributed by atoms with Crippen molar-refractivity contribution in [3.63, 3.8) is 0 Å². The highest BCUT2D eigenvalue weighted by Gasteiger charge is 2.30. The van der Waals surface area contributed by atoms with Crippen molar-refractivity contribution in [1.29, 1.82) is 0 Å². The van der Waals surface area contributed by atoms with Crippen LogP contribution in [0.25, 0.3) is 0 Å². The van der Waals surface area contributed by atoms with Gasteiger partial charge in [-0.2, -0.15) is 0 Å². The lowest BCUT2D eigenvalue weighted by Gasteiger charge is -2.24. The minimum Gasteiger partial charge on any atom is -0.368 e. The summed E-state index contributed by atoms with van der Waals surface area (Å²) in [7, 11) is 0. The first kappa shape index (κ1) is 74.2. The summed E-state index contributed by atoms with van der Waals surface area (Å²) in [5.41, 5.74) is 22.4. The summed E-state index contributed by atoms with van der Waals surface area (Å²) in [6.45, 7) is 7.94. The maximum atomic E-state index is 13.6. The molecule has 0 aliphatic heterocycles. The predicted molar refractivity (Wildman–Crippen MR) is 304 cm³/mol. The molecular formula is C50H89N15O14S2. The molecule has 0 aliphatic rings. The Labute approximate surface area is 482 Å². The van der Waals surface area contributed by atoms with E-state index in [0.717, 1.165) is 23.5 Å². The van der Waals surface area contributed by atoms with Gasteiger partial charge in [0.2, 0.25) is 82.7 Å². The van der Waals surface area contributed by atoms with Crippen LogP contribution in [-0.4, -0.2) is 181 Å². The van der Waals surface area contributed by atoms with Gasteiger partial charge in [0.25, 0.3) is 0 Å². The molecule has 0 radical (unpaired) electrons. The highest BCUT2D eigenvalue weighted by molar-refractivity contribution is 8.00. The van der Waals surface area contributed by atoms with Gasteiger partial charge in [0.15, 0.2) is 0 Å². The van der Waals surface area contributed by atoms with E-state index in [1.807, 2.05) is 0 Å². The SMILES string of the molecule is CC(=O)NCCCCC(NC(C)=O)C(=O)NC(CCCCNC(=O)CSCC(NC(=O)C(CCCCN)NC(=O)C(CSCC(=O)NCCCCC(NC(=O)C(CCCCNC(C)=O)NC(C)=O)C(N)=O)NC(C)=O)C(N)=O)C(N)=O. The maximum absolute atomic E-state index is 13.6. The molecule has 31 heteroatoms. The first-order valence-electron chi connectivity index (χ1n) is 27.1. The normalized spacial score (nSPS) is 13.4. The molecule has 0 rings (SSSR count). The quantitative estimate of drug-likeness (QED) is 0.0256. The number of rotatable bonds is 46. The number of carbonyl (C=O) groups is 14. The van der Waals surface area contributed by atoms with E-state index in [-0.39, 0.29) is 86.6 Å². The van der Waals surface area contributed by atoms with E-state index >= 15 is 0 Å². The van der Waals surface area contributed by atoms with Gasteiger partial charge in [0.1, 0.15) is 42.3 Å². The molecule has 14 amide bonds. The Morgan fingerprint density at radius 1 is 0.321 bits per heavy atom. The maximum Gasteiger partial charge on any atom is 0.244 e. The van der Waals surface area contributed by atoms with Crippen LogP contribution in [-0.2, 0) is 67.1 Å². The van der Waals surface area contributed by atoms with Crippen LogP contribution in [0.4, 0.5) is 0 Å². The van der Waals surface area contributed by atoms with Crippen LogP contribution in [0.3, 0.4) is 0 Å². The predicted octanol–water partition coefficient (Wildman–Crippen LogP) is -4.32. The monoisotopic (exact) mass is 1190 g/mol. The third kappa shape index (κ3) is 38.5. The van der Waals surface area contributed by atoms with Crippen molar-refractivity contribution in [2.24, 2.45) is 22.9 Å². The number of amides is 14. The van der Waals surface area contributed by atoms with Crippen molar-refractivity contribution in [2.45, 2.75) is 173 Å². The van der Waals surface area contributed by atoms with Crippen molar-refractivity contribution in [3.8, 4) is 0 Å². The van der Waals surface area contributed by atoms with Gasteiger partial charge in [-0.1, -0.05) is 0 Å². The average molecular weight is 1190 g/mol. The molecule has 0 aromatic rings. The zero-order valence-corrected chi connectivity index (χ0v) is 49.0. The summed E-state index contributed by atoms with van der Waals surface area (Å²) in [4.78, 5) is 173. The first-order valence-corrected chi connectivity index (χ1v) is 29.4. The smallest absolute Gasteiger partial charge is 0.244 e. The van der Waals surface area contributed by atoms with E-state index in [9.17, 15) is 67.1 Å². The van der Waals surface area contributed by atoms with E-state index in [4.69, 9.17) is 22.9 Å². The molecule has 0 aliphatic carbocycles. The number of nitrogens with one attached hydrogen (secondary N) is 11. The van der Waals surface area contributed by atoms with Gasteiger partial charge in [0, 0.05) is 72.3 Å². The number of unbranched alkanes of at least 4 members (excludes halogenated alkanes) is 5. The van der Waals surface area contributed by atoms with Gasteiger partial charge < -0.3 is 81.4 Å². The van der Waals surface area contributed by atoms with Crippen LogP contribution in [0.2, 0.25) is 0 Å². The molecule has 0 heterocycles. The molecule has 0 aromatic heterocycles. The highest BCUT2D eigenvalue weighted by Crippen LogP contribution is 2.11. The Balaban J connectivity index is 5.20. The lowest BCUT2D eigenvalue weighted by molar-refractivity contribution is -0.132. The molecular weight excluding hydrogens is 1100 g/mol. The van der Waals surface area contributed by atoms with E-state index in [0.29, 0.717) is 77.3 Å². The second kappa shape index (κ2) is 44.0. The number of nitrogens with two attached hydrogens (primary N) is 4.